The number of non-ortho nitro benzene ring substituents is 1. The molecule has 1 amide bonds. The van der Waals surface area contributed by atoms with Crippen molar-refractivity contribution in [2.24, 2.45) is 0 Å². The normalized spacial score (nSPS) is 10.9. The molecule has 0 atom stereocenters. The molecule has 0 aliphatic rings. The van der Waals surface area contributed by atoms with E-state index in [1.54, 1.807) is 18.2 Å². The highest BCUT2D eigenvalue weighted by Crippen LogP contribution is 2.20. The topological polar surface area (TPSA) is 118 Å². The number of anilines is 2. The van der Waals surface area contributed by atoms with E-state index in [1.165, 1.54) is 12.1 Å². The summed E-state index contributed by atoms with van der Waals surface area (Å²) in [7, 11) is -3.97. The number of benzene rings is 3. The summed E-state index contributed by atoms with van der Waals surface area (Å²) in [5.74, 6) is -0.382. The zero-order chi connectivity index (χ0) is 21.0. The maximum absolute atomic E-state index is 12.5. The number of amides is 1. The number of nitro groups is 1. The van der Waals surface area contributed by atoms with Crippen LogP contribution in [-0.2, 0) is 10.0 Å². The Morgan fingerprint density at radius 1 is 0.931 bits per heavy atom. The molecule has 29 heavy (non-hydrogen) atoms. The molecule has 0 heterocycles. The van der Waals surface area contributed by atoms with Gasteiger partial charge in [0.25, 0.3) is 21.6 Å². The molecule has 3 aromatic rings. The van der Waals surface area contributed by atoms with Gasteiger partial charge in [-0.15, -0.1) is 0 Å². The third-order valence-electron chi connectivity index (χ3n) is 4.01. The van der Waals surface area contributed by atoms with Gasteiger partial charge in [-0.25, -0.2) is 8.42 Å². The van der Waals surface area contributed by atoms with Crippen molar-refractivity contribution in [2.45, 2.75) is 11.8 Å². The highest BCUT2D eigenvalue weighted by Gasteiger charge is 2.17. The highest BCUT2D eigenvalue weighted by atomic mass is 32.2. The van der Waals surface area contributed by atoms with E-state index in [0.717, 1.165) is 29.8 Å². The number of carbonyl (C=O) groups excluding carboxylic acids is 1. The molecule has 0 saturated heterocycles. The Kier molecular flexibility index (Phi) is 5.60. The fourth-order valence-corrected chi connectivity index (χ4v) is 3.66. The Balaban J connectivity index is 1.78. The lowest BCUT2D eigenvalue weighted by Gasteiger charge is -2.10. The molecule has 0 aliphatic heterocycles. The predicted molar refractivity (Wildman–Crippen MR) is 109 cm³/mol. The predicted octanol–water partition coefficient (Wildman–Crippen LogP) is 3.96. The van der Waals surface area contributed by atoms with Crippen LogP contribution in [0.25, 0.3) is 0 Å². The molecule has 3 rings (SSSR count). The number of hydrogen-bond acceptors (Lipinski definition) is 5. The third-order valence-corrected chi connectivity index (χ3v) is 5.41. The lowest BCUT2D eigenvalue weighted by Crippen LogP contribution is -2.15. The second-order valence-corrected chi connectivity index (χ2v) is 7.94. The lowest BCUT2D eigenvalue weighted by atomic mass is 10.1. The molecule has 148 valence electrons. The van der Waals surface area contributed by atoms with E-state index in [1.807, 2.05) is 25.1 Å². The van der Waals surface area contributed by atoms with Gasteiger partial charge >= 0.3 is 0 Å². The van der Waals surface area contributed by atoms with Gasteiger partial charge in [0.15, 0.2) is 0 Å². The third kappa shape index (κ3) is 4.96. The van der Waals surface area contributed by atoms with Crippen molar-refractivity contribution in [3.05, 3.63) is 94.0 Å². The zero-order valence-electron chi connectivity index (χ0n) is 15.3. The van der Waals surface area contributed by atoms with Gasteiger partial charge < -0.3 is 5.32 Å². The number of nitrogens with one attached hydrogen (secondary N) is 2. The minimum absolute atomic E-state index is 0.127. The maximum Gasteiger partial charge on any atom is 0.269 e. The standard InChI is InChI=1S/C20H17N3O5S/c1-14-4-2-6-16(12-14)21-20(24)15-5-3-7-17(13-15)22-29(27,28)19-10-8-18(9-11-19)23(25)26/h2-13,22H,1H3,(H,21,24). The molecule has 0 aromatic heterocycles. The van der Waals surface area contributed by atoms with Crippen molar-refractivity contribution in [3.63, 3.8) is 0 Å². The van der Waals surface area contributed by atoms with Gasteiger partial charge in [0.2, 0.25) is 0 Å². The van der Waals surface area contributed by atoms with Crippen LogP contribution in [0.4, 0.5) is 17.1 Å². The van der Waals surface area contributed by atoms with Gasteiger partial charge in [0, 0.05) is 29.1 Å². The molecule has 0 aliphatic carbocycles. The fraction of sp³-hybridized carbons (Fsp3) is 0.0500. The first-order chi connectivity index (χ1) is 13.7. The number of rotatable bonds is 6. The summed E-state index contributed by atoms with van der Waals surface area (Å²) in [5, 5.41) is 13.5. The first-order valence-electron chi connectivity index (χ1n) is 8.50. The number of nitrogens with zero attached hydrogens (tertiary/aromatic N) is 1. The smallest absolute Gasteiger partial charge is 0.269 e. The van der Waals surface area contributed by atoms with E-state index >= 15 is 0 Å². The molecule has 0 bridgehead atoms. The summed E-state index contributed by atoms with van der Waals surface area (Å²) < 4.78 is 27.4. The van der Waals surface area contributed by atoms with Crippen LogP contribution in [0.1, 0.15) is 15.9 Å². The molecule has 3 aromatic carbocycles. The summed E-state index contributed by atoms with van der Waals surface area (Å²) >= 11 is 0. The van der Waals surface area contributed by atoms with Crippen molar-refractivity contribution >= 4 is 33.0 Å². The number of hydrogen-bond donors (Lipinski definition) is 2. The SMILES string of the molecule is Cc1cccc(NC(=O)c2cccc(NS(=O)(=O)c3ccc([N+](=O)[O-])cc3)c2)c1. The number of sulfonamides is 1. The van der Waals surface area contributed by atoms with Crippen molar-refractivity contribution in [2.75, 3.05) is 10.0 Å². The Morgan fingerprint density at radius 2 is 1.59 bits per heavy atom. The summed E-state index contributed by atoms with van der Waals surface area (Å²) in [6, 6.07) is 17.9. The first kappa shape index (κ1) is 20.0. The molecule has 0 radical (unpaired) electrons. The Hall–Kier alpha value is -3.72. The van der Waals surface area contributed by atoms with E-state index in [0.29, 0.717) is 5.69 Å². The van der Waals surface area contributed by atoms with E-state index in [2.05, 4.69) is 10.0 Å². The molecule has 0 unspecified atom stereocenters. The minimum Gasteiger partial charge on any atom is -0.322 e. The molecule has 9 heteroatoms. The number of nitro benzene ring substituents is 1. The number of carbonyl (C=O) groups is 1. The molecular formula is C20H17N3O5S. The van der Waals surface area contributed by atoms with Crippen LogP contribution >= 0.6 is 0 Å². The van der Waals surface area contributed by atoms with Crippen LogP contribution in [-0.4, -0.2) is 19.2 Å². The largest absolute Gasteiger partial charge is 0.322 e. The first-order valence-corrected chi connectivity index (χ1v) is 9.98. The van der Waals surface area contributed by atoms with Crippen LogP contribution in [0.3, 0.4) is 0 Å². The van der Waals surface area contributed by atoms with Crippen molar-refractivity contribution in [1.82, 2.24) is 0 Å². The van der Waals surface area contributed by atoms with E-state index in [9.17, 15) is 23.3 Å². The maximum atomic E-state index is 12.5. The molecular weight excluding hydrogens is 394 g/mol. The Morgan fingerprint density at radius 3 is 2.24 bits per heavy atom. The minimum atomic E-state index is -3.97. The van der Waals surface area contributed by atoms with Gasteiger partial charge in [-0.2, -0.15) is 0 Å². The zero-order valence-corrected chi connectivity index (χ0v) is 16.1. The van der Waals surface area contributed by atoms with E-state index in [4.69, 9.17) is 0 Å². The fourth-order valence-electron chi connectivity index (χ4n) is 2.61. The monoisotopic (exact) mass is 411 g/mol. The van der Waals surface area contributed by atoms with Gasteiger partial charge in [-0.3, -0.25) is 19.6 Å². The second-order valence-electron chi connectivity index (χ2n) is 6.26. The van der Waals surface area contributed by atoms with Crippen LogP contribution in [0.15, 0.2) is 77.7 Å². The molecule has 8 nitrogen and oxygen atoms in total. The van der Waals surface area contributed by atoms with Crippen molar-refractivity contribution in [3.8, 4) is 0 Å². The van der Waals surface area contributed by atoms with E-state index < -0.39 is 14.9 Å². The Labute approximate surface area is 167 Å². The lowest BCUT2D eigenvalue weighted by molar-refractivity contribution is -0.384. The quantitative estimate of drug-likeness (QED) is 0.470. The number of aryl methyl sites for hydroxylation is 1. The molecule has 2 N–H and O–H groups in total. The van der Waals surface area contributed by atoms with Gasteiger partial charge in [-0.05, 0) is 55.0 Å². The average Bonchev–Trinajstić information content (AvgIpc) is 2.68. The van der Waals surface area contributed by atoms with Crippen molar-refractivity contribution in [1.29, 1.82) is 0 Å². The van der Waals surface area contributed by atoms with Crippen LogP contribution in [0, 0.1) is 17.0 Å². The average molecular weight is 411 g/mol. The Bertz CT molecular complexity index is 1170. The summed E-state index contributed by atoms with van der Waals surface area (Å²) in [6.07, 6.45) is 0. The van der Waals surface area contributed by atoms with Crippen molar-refractivity contribution < 1.29 is 18.1 Å². The molecule has 0 fully saturated rings. The van der Waals surface area contributed by atoms with Crippen LogP contribution in [0.5, 0.6) is 0 Å². The van der Waals surface area contributed by atoms with Gasteiger partial charge in [0.1, 0.15) is 0 Å². The van der Waals surface area contributed by atoms with Gasteiger partial charge in [-0.1, -0.05) is 18.2 Å². The second kappa shape index (κ2) is 8.11. The van der Waals surface area contributed by atoms with Crippen LogP contribution in [0.2, 0.25) is 0 Å². The molecule has 0 spiro atoms. The summed E-state index contributed by atoms with van der Waals surface area (Å²) in [5.41, 5.74) is 1.88. The van der Waals surface area contributed by atoms with E-state index in [-0.39, 0.29) is 27.7 Å². The highest BCUT2D eigenvalue weighted by molar-refractivity contribution is 7.92. The summed E-state index contributed by atoms with van der Waals surface area (Å²) in [4.78, 5) is 22.4. The van der Waals surface area contributed by atoms with Gasteiger partial charge in [0.05, 0.1) is 9.82 Å². The molecule has 0 saturated carbocycles. The van der Waals surface area contributed by atoms with Crippen LogP contribution < -0.4 is 10.0 Å². The summed E-state index contributed by atoms with van der Waals surface area (Å²) in [6.45, 7) is 1.91.